The minimum absolute atomic E-state index is 0.0213. The minimum Gasteiger partial charge on any atom is -0.463 e. The molecule has 0 aliphatic carbocycles. The molecular weight excluding hydrogens is 756 g/mol. The van der Waals surface area contributed by atoms with Crippen molar-refractivity contribution in [2.75, 3.05) is 26.4 Å². The van der Waals surface area contributed by atoms with Crippen molar-refractivity contribution in [3.63, 3.8) is 0 Å². The highest BCUT2D eigenvalue weighted by molar-refractivity contribution is 5.93. The lowest BCUT2D eigenvalue weighted by atomic mass is 10.1. The van der Waals surface area contributed by atoms with E-state index in [0.717, 1.165) is 11.6 Å². The van der Waals surface area contributed by atoms with Gasteiger partial charge in [-0.05, 0) is 105 Å². The maximum atomic E-state index is 13.0. The molecule has 15 nitrogen and oxygen atoms in total. The molecule has 2 aliphatic rings. The van der Waals surface area contributed by atoms with E-state index in [-0.39, 0.29) is 60.4 Å². The SMILES string of the molecule is C=CC(=O)OCCCCOC(=O)Oc1ccc(C(=O)Oc2ccc(C(=O)O[C@@H]3COC4C(OC(=O)c5ccc(OC(=O)c6ccc(C)cc6)cc5)COC43)cc2)cc1. The van der Waals surface area contributed by atoms with Crippen molar-refractivity contribution in [1.29, 1.82) is 0 Å². The normalized spacial score (nSPS) is 17.9. The van der Waals surface area contributed by atoms with Gasteiger partial charge in [-0.25, -0.2) is 28.8 Å². The van der Waals surface area contributed by atoms with Crippen molar-refractivity contribution in [3.8, 4) is 17.2 Å². The molecule has 0 amide bonds. The van der Waals surface area contributed by atoms with Gasteiger partial charge in [0, 0.05) is 6.08 Å². The van der Waals surface area contributed by atoms with E-state index >= 15 is 0 Å². The van der Waals surface area contributed by atoms with Crippen LogP contribution in [0.4, 0.5) is 4.79 Å². The molecule has 3 unspecified atom stereocenters. The number of benzene rings is 4. The molecule has 2 fully saturated rings. The molecule has 0 spiro atoms. The van der Waals surface area contributed by atoms with Crippen LogP contribution in [0.5, 0.6) is 17.2 Å². The average Bonchev–Trinajstić information content (AvgIpc) is 3.82. The first-order valence-corrected chi connectivity index (χ1v) is 18.2. The third-order valence-electron chi connectivity index (χ3n) is 8.83. The van der Waals surface area contributed by atoms with Crippen LogP contribution in [0.2, 0.25) is 0 Å². The van der Waals surface area contributed by atoms with Crippen molar-refractivity contribution >= 4 is 36.0 Å². The molecule has 0 aromatic heterocycles. The molecule has 0 saturated carbocycles. The Bertz CT molecular complexity index is 2110. The average molecular weight is 795 g/mol. The van der Waals surface area contributed by atoms with Gasteiger partial charge in [-0.2, -0.15) is 0 Å². The number of unbranched alkanes of at least 4 members (excludes halogenated alkanes) is 1. The number of carbonyl (C=O) groups is 6. The molecular formula is C43H38O15. The van der Waals surface area contributed by atoms with Crippen LogP contribution in [0.3, 0.4) is 0 Å². The Morgan fingerprint density at radius 2 is 0.931 bits per heavy atom. The van der Waals surface area contributed by atoms with Gasteiger partial charge in [0.15, 0.2) is 12.2 Å². The Kier molecular flexibility index (Phi) is 13.6. The predicted molar refractivity (Wildman–Crippen MR) is 201 cm³/mol. The minimum atomic E-state index is -0.931. The van der Waals surface area contributed by atoms with Crippen LogP contribution < -0.4 is 14.2 Å². The Morgan fingerprint density at radius 1 is 0.552 bits per heavy atom. The molecule has 58 heavy (non-hydrogen) atoms. The zero-order chi connectivity index (χ0) is 41.0. The van der Waals surface area contributed by atoms with E-state index in [1.54, 1.807) is 12.1 Å². The molecule has 0 bridgehead atoms. The molecule has 2 aliphatic heterocycles. The summed E-state index contributed by atoms with van der Waals surface area (Å²) < 4.78 is 48.7. The number of hydrogen-bond donors (Lipinski definition) is 0. The standard InChI is InChI=1S/C43H38O15/c1-3-36(44)50-22-4-5-23-51-43(49)56-33-20-14-28(15-21-33)40(46)55-32-18-12-30(13-19-32)42(48)58-35-25-53-37-34(24-52-38(35)37)57-41(47)29-10-16-31(17-11-29)54-39(45)27-8-6-26(2)7-9-27/h3,6-21,34-35,37-38H,1,4-5,22-25H2,2H3/t34?,35-,37?,38?/m1/s1. The van der Waals surface area contributed by atoms with Crippen LogP contribution in [0.25, 0.3) is 0 Å². The van der Waals surface area contributed by atoms with Gasteiger partial charge in [0.25, 0.3) is 0 Å². The fourth-order valence-electron chi connectivity index (χ4n) is 5.76. The lowest BCUT2D eigenvalue weighted by Crippen LogP contribution is -2.36. The predicted octanol–water partition coefficient (Wildman–Crippen LogP) is 6.01. The van der Waals surface area contributed by atoms with E-state index in [1.165, 1.54) is 72.8 Å². The molecule has 2 saturated heterocycles. The topological polar surface area (TPSA) is 185 Å². The van der Waals surface area contributed by atoms with E-state index in [9.17, 15) is 28.8 Å². The highest BCUT2D eigenvalue weighted by Gasteiger charge is 2.51. The van der Waals surface area contributed by atoms with Gasteiger partial charge >= 0.3 is 36.0 Å². The van der Waals surface area contributed by atoms with Crippen molar-refractivity contribution in [2.24, 2.45) is 0 Å². The second-order valence-electron chi connectivity index (χ2n) is 13.0. The summed E-state index contributed by atoms with van der Waals surface area (Å²) in [6.07, 6.45) is -1.77. The number of ether oxygens (including phenoxy) is 9. The first-order chi connectivity index (χ1) is 28.1. The van der Waals surface area contributed by atoms with Crippen LogP contribution in [0, 0.1) is 6.92 Å². The van der Waals surface area contributed by atoms with Crippen LogP contribution in [0.1, 0.15) is 59.8 Å². The van der Waals surface area contributed by atoms with Gasteiger partial charge in [0.05, 0.1) is 48.7 Å². The maximum Gasteiger partial charge on any atom is 0.513 e. The summed E-state index contributed by atoms with van der Waals surface area (Å²) >= 11 is 0. The fourth-order valence-corrected chi connectivity index (χ4v) is 5.76. The Morgan fingerprint density at radius 3 is 1.36 bits per heavy atom. The third kappa shape index (κ3) is 10.9. The van der Waals surface area contributed by atoms with Crippen molar-refractivity contribution in [3.05, 3.63) is 138 Å². The van der Waals surface area contributed by atoms with Crippen LogP contribution in [-0.4, -0.2) is 86.8 Å². The van der Waals surface area contributed by atoms with Gasteiger partial charge in [0.2, 0.25) is 0 Å². The monoisotopic (exact) mass is 794 g/mol. The molecule has 15 heteroatoms. The van der Waals surface area contributed by atoms with E-state index in [1.807, 2.05) is 19.1 Å². The molecule has 4 atom stereocenters. The number of rotatable bonds is 15. The maximum absolute atomic E-state index is 13.0. The number of esters is 5. The van der Waals surface area contributed by atoms with Gasteiger partial charge < -0.3 is 42.6 Å². The summed E-state index contributed by atoms with van der Waals surface area (Å²) in [6.45, 7) is 5.50. The highest BCUT2D eigenvalue weighted by atomic mass is 16.7. The molecule has 2 heterocycles. The summed E-state index contributed by atoms with van der Waals surface area (Å²) in [7, 11) is 0. The van der Waals surface area contributed by atoms with Crippen LogP contribution in [0.15, 0.2) is 110 Å². The second kappa shape index (κ2) is 19.3. The lowest BCUT2D eigenvalue weighted by molar-refractivity contribution is -0.137. The van der Waals surface area contributed by atoms with Crippen LogP contribution in [-0.2, 0) is 33.2 Å². The third-order valence-corrected chi connectivity index (χ3v) is 8.83. The number of carbonyl (C=O) groups excluding carboxylic acids is 6. The van der Waals surface area contributed by atoms with E-state index in [4.69, 9.17) is 42.6 Å². The van der Waals surface area contributed by atoms with Gasteiger partial charge in [0.1, 0.15) is 29.5 Å². The molecule has 0 N–H and O–H groups in total. The zero-order valence-electron chi connectivity index (χ0n) is 31.2. The lowest BCUT2D eigenvalue weighted by Gasteiger charge is -2.17. The first-order valence-electron chi connectivity index (χ1n) is 18.2. The number of hydrogen-bond acceptors (Lipinski definition) is 15. The summed E-state index contributed by atoms with van der Waals surface area (Å²) in [6, 6.07) is 24.3. The quantitative estimate of drug-likeness (QED) is 0.0340. The van der Waals surface area contributed by atoms with Crippen LogP contribution >= 0.6 is 0 Å². The van der Waals surface area contributed by atoms with Crippen molar-refractivity contribution in [1.82, 2.24) is 0 Å². The fraction of sp³-hybridized carbons (Fsp3) is 0.256. The molecule has 0 radical (unpaired) electrons. The van der Waals surface area contributed by atoms with Crippen molar-refractivity contribution in [2.45, 2.75) is 44.2 Å². The van der Waals surface area contributed by atoms with E-state index < -0.39 is 60.4 Å². The summed E-state index contributed by atoms with van der Waals surface area (Å²) in [5.74, 6) is -2.47. The molecule has 300 valence electrons. The van der Waals surface area contributed by atoms with E-state index in [2.05, 4.69) is 6.58 Å². The Hall–Kier alpha value is -6.84. The van der Waals surface area contributed by atoms with E-state index in [0.29, 0.717) is 18.4 Å². The highest BCUT2D eigenvalue weighted by Crippen LogP contribution is 2.32. The van der Waals surface area contributed by atoms with Gasteiger partial charge in [-0.15, -0.1) is 0 Å². The zero-order valence-corrected chi connectivity index (χ0v) is 31.2. The Balaban J connectivity index is 0.911. The second-order valence-corrected chi connectivity index (χ2v) is 13.0. The molecule has 4 aromatic rings. The van der Waals surface area contributed by atoms with Crippen molar-refractivity contribution < 1.29 is 71.4 Å². The van der Waals surface area contributed by atoms with Gasteiger partial charge in [-0.1, -0.05) is 24.3 Å². The summed E-state index contributed by atoms with van der Waals surface area (Å²) in [5.41, 5.74) is 1.99. The smallest absolute Gasteiger partial charge is 0.463 e. The number of fused-ring (bicyclic) bond motifs is 1. The van der Waals surface area contributed by atoms with Gasteiger partial charge in [-0.3, -0.25) is 0 Å². The summed E-state index contributed by atoms with van der Waals surface area (Å²) in [5, 5.41) is 0. The Labute approximate surface area is 332 Å². The first kappa shape index (κ1) is 40.8. The molecule has 6 rings (SSSR count). The number of aryl methyl sites for hydroxylation is 1. The largest absolute Gasteiger partial charge is 0.513 e. The molecule has 4 aromatic carbocycles. The summed E-state index contributed by atoms with van der Waals surface area (Å²) in [4.78, 5) is 74.0.